The summed E-state index contributed by atoms with van der Waals surface area (Å²) in [7, 11) is -0.231. The Morgan fingerprint density at radius 2 is 1.25 bits per heavy atom. The minimum atomic E-state index is -0.231. The second kappa shape index (κ2) is 16.3. The van der Waals surface area contributed by atoms with Gasteiger partial charge in [0.1, 0.15) is 0 Å². The molecular formula is C37H42NPS. The van der Waals surface area contributed by atoms with Crippen LogP contribution in [0.1, 0.15) is 34.7 Å². The standard InChI is InChI=1S/C37H42NPS/c1-4-38-36(30(2)3)29-34-21-23-37(35(28-34)22-20-31-14-8-5-9-15-31)40-39(26-24-32-16-10-6-11-17-32)27-25-33-18-12-7-13-19-33/h4-19,21,23,28,36,38H,1-2,20,22,24-27,29H2,3H3. The average Bonchev–Trinajstić information content (AvgIpc) is 2.99. The van der Waals surface area contributed by atoms with Crippen LogP contribution in [0.5, 0.6) is 0 Å². The molecule has 0 aliphatic heterocycles. The van der Waals surface area contributed by atoms with Crippen LogP contribution in [0.2, 0.25) is 0 Å². The zero-order valence-electron chi connectivity index (χ0n) is 23.8. The van der Waals surface area contributed by atoms with E-state index < -0.39 is 0 Å². The maximum Gasteiger partial charge on any atom is 0.0503 e. The van der Waals surface area contributed by atoms with Gasteiger partial charge in [0, 0.05) is 4.90 Å². The first-order valence-electron chi connectivity index (χ1n) is 14.3. The van der Waals surface area contributed by atoms with Crippen molar-refractivity contribution in [2.45, 2.75) is 50.0 Å². The molecule has 0 saturated carbocycles. The summed E-state index contributed by atoms with van der Waals surface area (Å²) in [6, 6.07) is 40.2. The van der Waals surface area contributed by atoms with Crippen LogP contribution in [0.25, 0.3) is 0 Å². The van der Waals surface area contributed by atoms with Crippen LogP contribution in [-0.4, -0.2) is 18.4 Å². The van der Waals surface area contributed by atoms with Crippen molar-refractivity contribution in [1.82, 2.24) is 5.32 Å². The quantitative estimate of drug-likeness (QED) is 0.108. The van der Waals surface area contributed by atoms with Crippen LogP contribution in [0.4, 0.5) is 0 Å². The van der Waals surface area contributed by atoms with Gasteiger partial charge in [-0.15, -0.1) is 0 Å². The Labute approximate surface area is 247 Å². The molecular weight excluding hydrogens is 521 g/mol. The Morgan fingerprint density at radius 1 is 0.725 bits per heavy atom. The van der Waals surface area contributed by atoms with Crippen molar-refractivity contribution in [3.63, 3.8) is 0 Å². The lowest BCUT2D eigenvalue weighted by molar-refractivity contribution is 0.662. The van der Waals surface area contributed by atoms with Gasteiger partial charge in [0.05, 0.1) is 6.04 Å². The molecule has 0 fully saturated rings. The molecule has 4 aromatic rings. The van der Waals surface area contributed by atoms with Crippen LogP contribution in [-0.2, 0) is 32.1 Å². The fraction of sp³-hybridized carbons (Fsp3) is 0.243. The fourth-order valence-corrected chi connectivity index (χ4v) is 9.43. The van der Waals surface area contributed by atoms with Crippen molar-refractivity contribution in [3.8, 4) is 0 Å². The summed E-state index contributed by atoms with van der Waals surface area (Å²) in [4.78, 5) is 1.45. The zero-order valence-corrected chi connectivity index (χ0v) is 25.5. The molecule has 206 valence electrons. The number of hydrogen-bond acceptors (Lipinski definition) is 2. The minimum Gasteiger partial charge on any atom is -0.385 e. The van der Waals surface area contributed by atoms with E-state index in [-0.39, 0.29) is 13.2 Å². The number of benzene rings is 4. The van der Waals surface area contributed by atoms with E-state index in [4.69, 9.17) is 0 Å². The summed E-state index contributed by atoms with van der Waals surface area (Å²) >= 11 is 2.15. The number of aryl methyl sites for hydroxylation is 4. The van der Waals surface area contributed by atoms with E-state index in [9.17, 15) is 0 Å². The molecule has 1 nitrogen and oxygen atoms in total. The number of hydrogen-bond donors (Lipinski definition) is 1. The zero-order chi connectivity index (χ0) is 28.0. The molecule has 0 bridgehead atoms. The molecule has 0 saturated heterocycles. The number of rotatable bonds is 16. The Bertz CT molecular complexity index is 1280. The second-order valence-electron chi connectivity index (χ2n) is 10.4. The highest BCUT2D eigenvalue weighted by Gasteiger charge is 2.16. The van der Waals surface area contributed by atoms with Gasteiger partial charge in [-0.05, 0) is 98.6 Å². The van der Waals surface area contributed by atoms with Gasteiger partial charge in [-0.1, -0.05) is 133 Å². The van der Waals surface area contributed by atoms with Crippen molar-refractivity contribution >= 4 is 18.5 Å². The van der Waals surface area contributed by atoms with Crippen LogP contribution in [0, 0.1) is 0 Å². The molecule has 1 atom stereocenters. The maximum atomic E-state index is 4.20. The molecule has 3 heteroatoms. The predicted octanol–water partition coefficient (Wildman–Crippen LogP) is 9.67. The summed E-state index contributed by atoms with van der Waals surface area (Å²) < 4.78 is 0. The molecule has 1 N–H and O–H groups in total. The lowest BCUT2D eigenvalue weighted by Gasteiger charge is -2.21. The summed E-state index contributed by atoms with van der Waals surface area (Å²) in [6.07, 6.45) is 9.55. The van der Waals surface area contributed by atoms with Gasteiger partial charge in [0.25, 0.3) is 0 Å². The highest BCUT2D eigenvalue weighted by molar-refractivity contribution is 8.55. The van der Waals surface area contributed by atoms with Crippen LogP contribution in [0.15, 0.2) is 139 Å². The molecule has 0 heterocycles. The lowest BCUT2D eigenvalue weighted by Crippen LogP contribution is -2.27. The molecule has 0 radical (unpaired) electrons. The van der Waals surface area contributed by atoms with Gasteiger partial charge < -0.3 is 5.32 Å². The first-order chi connectivity index (χ1) is 19.6. The van der Waals surface area contributed by atoms with E-state index in [2.05, 4.69) is 146 Å². The molecule has 4 aromatic carbocycles. The van der Waals surface area contributed by atoms with Crippen molar-refractivity contribution in [2.75, 3.05) is 12.3 Å². The smallest absolute Gasteiger partial charge is 0.0503 e. The van der Waals surface area contributed by atoms with E-state index in [1.54, 1.807) is 6.20 Å². The minimum absolute atomic E-state index is 0.201. The number of nitrogens with one attached hydrogen (secondary N) is 1. The van der Waals surface area contributed by atoms with Gasteiger partial charge in [0.2, 0.25) is 0 Å². The molecule has 1 unspecified atom stereocenters. The van der Waals surface area contributed by atoms with Crippen LogP contribution >= 0.6 is 18.5 Å². The van der Waals surface area contributed by atoms with Crippen molar-refractivity contribution in [3.05, 3.63) is 162 Å². The Balaban J connectivity index is 1.55. The molecule has 0 aliphatic rings. The maximum absolute atomic E-state index is 4.20. The topological polar surface area (TPSA) is 12.0 Å². The normalized spacial score (nSPS) is 11.8. The molecule has 0 spiro atoms. The van der Waals surface area contributed by atoms with E-state index in [0.29, 0.717) is 0 Å². The van der Waals surface area contributed by atoms with Crippen LogP contribution < -0.4 is 5.32 Å². The van der Waals surface area contributed by atoms with Crippen molar-refractivity contribution in [2.24, 2.45) is 0 Å². The van der Waals surface area contributed by atoms with Gasteiger partial charge in [-0.25, -0.2) is 0 Å². The SMILES string of the molecule is C=CNC(Cc1ccc(SP(CCc2ccccc2)CCc2ccccc2)c(CCc2ccccc2)c1)C(=C)C. The van der Waals surface area contributed by atoms with Crippen molar-refractivity contribution < 1.29 is 0 Å². The van der Waals surface area contributed by atoms with Gasteiger partial charge in [-0.3, -0.25) is 0 Å². The molecule has 0 amide bonds. The lowest BCUT2D eigenvalue weighted by atomic mass is 9.97. The third kappa shape index (κ3) is 9.84. The first kappa shape index (κ1) is 29.9. The first-order valence-corrected chi connectivity index (χ1v) is 17.4. The highest BCUT2D eigenvalue weighted by atomic mass is 32.7. The highest BCUT2D eigenvalue weighted by Crippen LogP contribution is 2.55. The predicted molar refractivity (Wildman–Crippen MR) is 179 cm³/mol. The Hall–Kier alpha value is -3.06. The summed E-state index contributed by atoms with van der Waals surface area (Å²) in [5, 5.41) is 3.38. The third-order valence-corrected chi connectivity index (χ3v) is 12.0. The monoisotopic (exact) mass is 563 g/mol. The van der Waals surface area contributed by atoms with E-state index in [1.807, 2.05) is 0 Å². The van der Waals surface area contributed by atoms with E-state index >= 15 is 0 Å². The van der Waals surface area contributed by atoms with Gasteiger partial charge in [-0.2, -0.15) is 0 Å². The third-order valence-electron chi connectivity index (χ3n) is 7.22. The summed E-state index contributed by atoms with van der Waals surface area (Å²) in [6.45, 7) is 10.2. The summed E-state index contributed by atoms with van der Waals surface area (Å²) in [5.74, 6) is 0. The average molecular weight is 564 g/mol. The van der Waals surface area contributed by atoms with Gasteiger partial charge >= 0.3 is 0 Å². The van der Waals surface area contributed by atoms with Crippen molar-refractivity contribution in [1.29, 1.82) is 0 Å². The Kier molecular flexibility index (Phi) is 12.2. The van der Waals surface area contributed by atoms with E-state index in [1.165, 1.54) is 45.0 Å². The molecule has 0 aromatic heterocycles. The molecule has 4 rings (SSSR count). The summed E-state index contributed by atoms with van der Waals surface area (Å²) in [5.41, 5.74) is 8.23. The van der Waals surface area contributed by atoms with Crippen LogP contribution in [0.3, 0.4) is 0 Å². The largest absolute Gasteiger partial charge is 0.385 e. The fourth-order valence-electron chi connectivity index (χ4n) is 4.86. The van der Waals surface area contributed by atoms with E-state index in [0.717, 1.165) is 37.7 Å². The molecule has 0 aliphatic carbocycles. The molecule has 40 heavy (non-hydrogen) atoms. The second-order valence-corrected chi connectivity index (χ2v) is 15.0. The van der Waals surface area contributed by atoms with Gasteiger partial charge in [0.15, 0.2) is 0 Å². The Morgan fingerprint density at radius 3 is 1.75 bits per heavy atom.